The van der Waals surface area contributed by atoms with Crippen molar-refractivity contribution in [2.24, 2.45) is 11.8 Å². The lowest BCUT2D eigenvalue weighted by molar-refractivity contribution is -0.138. The van der Waals surface area contributed by atoms with Crippen LogP contribution in [0.4, 0.5) is 11.4 Å². The van der Waals surface area contributed by atoms with Crippen LogP contribution in [0.5, 0.6) is 0 Å². The summed E-state index contributed by atoms with van der Waals surface area (Å²) in [5, 5.41) is 15.6. The van der Waals surface area contributed by atoms with E-state index >= 15 is 0 Å². The van der Waals surface area contributed by atoms with Crippen LogP contribution in [0, 0.1) is 11.8 Å². The highest BCUT2D eigenvalue weighted by molar-refractivity contribution is 8.02. The van der Waals surface area contributed by atoms with Gasteiger partial charge in [0.15, 0.2) is 0 Å². The second-order valence-corrected chi connectivity index (χ2v) is 11.7. The third-order valence-corrected chi connectivity index (χ3v) is 9.86. The van der Waals surface area contributed by atoms with Crippen LogP contribution >= 0.6 is 23.4 Å². The average Bonchev–Trinajstić information content (AvgIpc) is 3.51. The largest absolute Gasteiger partial charge is 0.396 e. The van der Waals surface area contributed by atoms with Crippen LogP contribution in [-0.2, 0) is 14.4 Å². The van der Waals surface area contributed by atoms with E-state index in [0.717, 1.165) is 12.8 Å². The topological polar surface area (TPSA) is 98.7 Å². The number of fused-ring (bicyclic) bond motifs is 1. The van der Waals surface area contributed by atoms with Gasteiger partial charge >= 0.3 is 0 Å². The van der Waals surface area contributed by atoms with Crippen molar-refractivity contribution >= 4 is 52.5 Å². The van der Waals surface area contributed by atoms with Crippen LogP contribution < -0.4 is 10.6 Å². The first kappa shape index (κ1) is 25.1. The average molecular weight is 528 g/mol. The van der Waals surface area contributed by atoms with Crippen molar-refractivity contribution in [2.45, 2.75) is 48.1 Å². The molecule has 3 amide bonds. The highest BCUT2D eigenvalue weighted by Crippen LogP contribution is 2.66. The van der Waals surface area contributed by atoms with E-state index in [1.807, 2.05) is 30.3 Å². The van der Waals surface area contributed by atoms with E-state index in [4.69, 9.17) is 16.7 Å². The monoisotopic (exact) mass is 527 g/mol. The fourth-order valence-corrected chi connectivity index (χ4v) is 8.48. The molecular weight excluding hydrogens is 498 g/mol. The van der Waals surface area contributed by atoms with Crippen molar-refractivity contribution in [3.63, 3.8) is 0 Å². The van der Waals surface area contributed by atoms with Gasteiger partial charge in [0.2, 0.25) is 17.7 Å². The molecule has 9 heteroatoms. The molecule has 3 aliphatic heterocycles. The zero-order valence-electron chi connectivity index (χ0n) is 19.9. The first-order valence-corrected chi connectivity index (χ1v) is 13.7. The number of unbranched alkanes of at least 4 members (excludes halogenated alkanes) is 2. The fourth-order valence-electron chi connectivity index (χ4n) is 6.08. The summed E-state index contributed by atoms with van der Waals surface area (Å²) in [6.07, 6.45) is 3.58. The molecule has 2 bridgehead atoms. The van der Waals surface area contributed by atoms with E-state index in [-0.39, 0.29) is 29.6 Å². The number of carbonyl (C=O) groups is 3. The Hall–Kier alpha value is -2.55. The predicted molar refractivity (Wildman–Crippen MR) is 142 cm³/mol. The quantitative estimate of drug-likeness (QED) is 0.425. The fraction of sp³-hybridized carbons (Fsp3) is 0.444. The summed E-state index contributed by atoms with van der Waals surface area (Å²) in [4.78, 5) is 42.9. The molecule has 2 unspecified atom stereocenters. The maximum absolute atomic E-state index is 13.9. The minimum Gasteiger partial charge on any atom is -0.396 e. The number of nitrogens with zero attached hydrogens (tertiary/aromatic N) is 1. The number of thioether (sulfide) groups is 1. The molecule has 2 aromatic rings. The zero-order chi connectivity index (χ0) is 25.3. The summed E-state index contributed by atoms with van der Waals surface area (Å²) in [5.41, 5.74) is 1.20. The van der Waals surface area contributed by atoms with E-state index in [1.165, 1.54) is 0 Å². The number of halogens is 1. The smallest absolute Gasteiger partial charge is 0.248 e. The molecule has 0 aromatic heterocycles. The third-order valence-electron chi connectivity index (χ3n) is 7.58. The molecule has 3 fully saturated rings. The Bertz CT molecular complexity index is 1150. The highest BCUT2D eigenvalue weighted by Gasteiger charge is 2.73. The number of carbonyl (C=O) groups excluding carboxylic acids is 3. The molecule has 3 saturated heterocycles. The van der Waals surface area contributed by atoms with Gasteiger partial charge in [-0.1, -0.05) is 41.9 Å². The van der Waals surface area contributed by atoms with E-state index in [9.17, 15) is 14.4 Å². The lowest BCUT2D eigenvalue weighted by Crippen LogP contribution is -2.51. The molecule has 3 aliphatic rings. The maximum Gasteiger partial charge on any atom is 0.248 e. The van der Waals surface area contributed by atoms with Crippen molar-refractivity contribution < 1.29 is 19.5 Å². The minimum absolute atomic E-state index is 0.00480. The van der Waals surface area contributed by atoms with E-state index in [0.29, 0.717) is 42.2 Å². The predicted octanol–water partition coefficient (Wildman–Crippen LogP) is 4.17. The molecule has 5 rings (SSSR count). The highest BCUT2D eigenvalue weighted by atomic mass is 35.5. The van der Waals surface area contributed by atoms with Crippen LogP contribution in [0.2, 0.25) is 5.02 Å². The van der Waals surface area contributed by atoms with E-state index < -0.39 is 22.6 Å². The van der Waals surface area contributed by atoms with Crippen LogP contribution in [0.3, 0.4) is 0 Å². The number of nitrogens with one attached hydrogen (secondary N) is 2. The SMILES string of the molecule is O=C(Nc1ccccc1Cl)C1N(CCCCCO)C(=O)[C@@H]2[C@H](C(=O)Nc3ccccc3)[C@@H]3CCC12S3. The molecule has 0 aliphatic carbocycles. The Morgan fingerprint density at radius 1 is 1.03 bits per heavy atom. The minimum atomic E-state index is -0.690. The summed E-state index contributed by atoms with van der Waals surface area (Å²) >= 11 is 7.95. The molecule has 1 spiro atoms. The Morgan fingerprint density at radius 2 is 1.78 bits per heavy atom. The lowest BCUT2D eigenvalue weighted by Gasteiger charge is -2.34. The Balaban J connectivity index is 1.44. The number of hydrogen-bond acceptors (Lipinski definition) is 5. The summed E-state index contributed by atoms with van der Waals surface area (Å²) in [7, 11) is 0. The Kier molecular flexibility index (Phi) is 7.28. The van der Waals surface area contributed by atoms with Gasteiger partial charge in [-0.2, -0.15) is 0 Å². The zero-order valence-corrected chi connectivity index (χ0v) is 21.4. The molecule has 3 heterocycles. The van der Waals surface area contributed by atoms with Gasteiger partial charge in [-0.3, -0.25) is 14.4 Å². The number of amides is 3. The molecule has 0 radical (unpaired) electrons. The van der Waals surface area contributed by atoms with E-state index in [1.54, 1.807) is 40.9 Å². The number of hydrogen-bond donors (Lipinski definition) is 3. The maximum atomic E-state index is 13.9. The first-order chi connectivity index (χ1) is 17.5. The normalized spacial score (nSPS) is 28.3. The van der Waals surface area contributed by atoms with Gasteiger partial charge in [0.1, 0.15) is 6.04 Å². The number of aliphatic hydroxyl groups is 1. The molecular formula is C27H30ClN3O4S. The molecule has 2 aromatic carbocycles. The Labute approximate surface area is 220 Å². The number of para-hydroxylation sites is 2. The third kappa shape index (κ3) is 4.40. The summed E-state index contributed by atoms with van der Waals surface area (Å²) in [5.74, 6) is -1.59. The van der Waals surface area contributed by atoms with Crippen LogP contribution in [0.15, 0.2) is 54.6 Å². The van der Waals surface area contributed by atoms with Gasteiger partial charge in [0, 0.05) is 24.1 Å². The van der Waals surface area contributed by atoms with Gasteiger partial charge < -0.3 is 20.6 Å². The number of rotatable bonds is 9. The van der Waals surface area contributed by atoms with Gasteiger partial charge in [-0.15, -0.1) is 11.8 Å². The standard InChI is InChI=1S/C27H30ClN3O4S/c28-18-11-5-6-12-19(18)30-25(34)23-27-14-13-20(36-27)21(24(33)29-17-9-3-1-4-10-17)22(27)26(35)31(23)15-7-2-8-16-32/h1,3-6,9-12,20-23,32H,2,7-8,13-16H2,(H,29,33)(H,30,34)/t20-,21+,22-,23?,27?/m0/s1. The summed E-state index contributed by atoms with van der Waals surface area (Å²) in [6, 6.07) is 15.6. The number of anilines is 2. The number of likely N-dealkylation sites (tertiary alicyclic amines) is 1. The molecule has 5 atom stereocenters. The van der Waals surface area contributed by atoms with Crippen molar-refractivity contribution in [1.82, 2.24) is 4.90 Å². The molecule has 190 valence electrons. The first-order valence-electron chi connectivity index (χ1n) is 12.5. The van der Waals surface area contributed by atoms with Gasteiger partial charge in [0.05, 0.1) is 27.3 Å². The summed E-state index contributed by atoms with van der Waals surface area (Å²) in [6.45, 7) is 0.506. The second kappa shape index (κ2) is 10.4. The second-order valence-electron chi connectivity index (χ2n) is 9.70. The summed E-state index contributed by atoms with van der Waals surface area (Å²) < 4.78 is -0.650. The van der Waals surface area contributed by atoms with Gasteiger partial charge in [0.25, 0.3) is 0 Å². The number of aliphatic hydroxyl groups excluding tert-OH is 1. The van der Waals surface area contributed by atoms with Crippen LogP contribution in [-0.4, -0.2) is 56.9 Å². The van der Waals surface area contributed by atoms with Gasteiger partial charge in [-0.05, 0) is 56.4 Å². The lowest BCUT2D eigenvalue weighted by atomic mass is 9.70. The van der Waals surface area contributed by atoms with Crippen LogP contribution in [0.1, 0.15) is 32.1 Å². The number of benzene rings is 2. The molecule has 3 N–H and O–H groups in total. The van der Waals surface area contributed by atoms with Crippen molar-refractivity contribution in [1.29, 1.82) is 0 Å². The molecule has 36 heavy (non-hydrogen) atoms. The van der Waals surface area contributed by atoms with Crippen molar-refractivity contribution in [3.8, 4) is 0 Å². The van der Waals surface area contributed by atoms with Crippen molar-refractivity contribution in [2.75, 3.05) is 23.8 Å². The van der Waals surface area contributed by atoms with Gasteiger partial charge in [-0.25, -0.2) is 0 Å². The van der Waals surface area contributed by atoms with Crippen molar-refractivity contribution in [3.05, 3.63) is 59.6 Å². The van der Waals surface area contributed by atoms with E-state index in [2.05, 4.69) is 10.6 Å². The Morgan fingerprint density at radius 3 is 2.53 bits per heavy atom. The molecule has 0 saturated carbocycles. The van der Waals surface area contributed by atoms with Crippen LogP contribution in [0.25, 0.3) is 0 Å². The molecule has 7 nitrogen and oxygen atoms in total.